The van der Waals surface area contributed by atoms with Crippen LogP contribution in [-0.2, 0) is 24.3 Å². The lowest BCUT2D eigenvalue weighted by Gasteiger charge is -2.34. The van der Waals surface area contributed by atoms with Crippen LogP contribution in [0.4, 0.5) is 0 Å². The summed E-state index contributed by atoms with van der Waals surface area (Å²) < 4.78 is 16.7. The quantitative estimate of drug-likeness (QED) is 0.632. The van der Waals surface area contributed by atoms with Crippen molar-refractivity contribution in [1.82, 2.24) is 14.7 Å². The number of methoxy groups -OCH3 is 2. The van der Waals surface area contributed by atoms with Gasteiger partial charge in [0.25, 0.3) is 0 Å². The zero-order valence-corrected chi connectivity index (χ0v) is 20.2. The maximum absolute atomic E-state index is 13.2. The number of nitrogens with zero attached hydrogens (tertiary/aromatic N) is 3. The van der Waals surface area contributed by atoms with E-state index in [9.17, 15) is 4.79 Å². The minimum Gasteiger partial charge on any atom is -0.497 e. The zero-order valence-electron chi connectivity index (χ0n) is 20.2. The molecule has 0 aliphatic carbocycles. The molecule has 0 spiro atoms. The van der Waals surface area contributed by atoms with E-state index in [0.717, 1.165) is 56.1 Å². The third-order valence-electron chi connectivity index (χ3n) is 6.57. The molecule has 2 aliphatic heterocycles. The summed E-state index contributed by atoms with van der Waals surface area (Å²) in [6, 6.07) is 11.9. The number of hydrogen-bond donors (Lipinski definition) is 1. The highest BCUT2D eigenvalue weighted by atomic mass is 16.5. The summed E-state index contributed by atoms with van der Waals surface area (Å²) in [5.74, 6) is 2.27. The molecule has 184 valence electrons. The number of aliphatic hydroxyl groups is 1. The van der Waals surface area contributed by atoms with E-state index in [2.05, 4.69) is 21.9 Å². The summed E-state index contributed by atoms with van der Waals surface area (Å²) in [7, 11) is 3.23. The lowest BCUT2D eigenvalue weighted by molar-refractivity contribution is -0.131. The molecular weight excluding hydrogens is 434 g/mol. The first kappa shape index (κ1) is 24.3. The molecule has 0 unspecified atom stereocenters. The van der Waals surface area contributed by atoms with Gasteiger partial charge in [0, 0.05) is 56.9 Å². The van der Waals surface area contributed by atoms with Gasteiger partial charge < -0.3 is 24.2 Å². The van der Waals surface area contributed by atoms with Crippen LogP contribution in [0.3, 0.4) is 0 Å². The maximum atomic E-state index is 13.2. The van der Waals surface area contributed by atoms with Crippen molar-refractivity contribution in [2.75, 3.05) is 66.7 Å². The second kappa shape index (κ2) is 11.6. The Bertz CT molecular complexity index is 975. The second-order valence-corrected chi connectivity index (χ2v) is 8.80. The molecule has 2 heterocycles. The lowest BCUT2D eigenvalue weighted by atomic mass is 10.1. The third-order valence-corrected chi connectivity index (χ3v) is 6.57. The fourth-order valence-corrected chi connectivity index (χ4v) is 4.62. The van der Waals surface area contributed by atoms with Crippen molar-refractivity contribution in [1.29, 1.82) is 0 Å². The summed E-state index contributed by atoms with van der Waals surface area (Å²) >= 11 is 0. The van der Waals surface area contributed by atoms with E-state index >= 15 is 0 Å². The number of ether oxygens (including phenoxy) is 3. The van der Waals surface area contributed by atoms with Crippen LogP contribution in [0.5, 0.6) is 17.2 Å². The van der Waals surface area contributed by atoms with Gasteiger partial charge in [-0.1, -0.05) is 6.07 Å². The van der Waals surface area contributed by atoms with Crippen molar-refractivity contribution in [3.8, 4) is 17.2 Å². The van der Waals surface area contributed by atoms with Crippen LogP contribution in [-0.4, -0.2) is 92.4 Å². The summed E-state index contributed by atoms with van der Waals surface area (Å²) in [6.45, 7) is 7.30. The Kier molecular flexibility index (Phi) is 8.26. The first-order valence-corrected chi connectivity index (χ1v) is 11.9. The Morgan fingerprint density at radius 2 is 1.79 bits per heavy atom. The van der Waals surface area contributed by atoms with Gasteiger partial charge >= 0.3 is 0 Å². The van der Waals surface area contributed by atoms with Crippen molar-refractivity contribution in [3.05, 3.63) is 53.1 Å². The number of piperazine rings is 1. The number of hydrogen-bond acceptors (Lipinski definition) is 7. The van der Waals surface area contributed by atoms with E-state index in [1.54, 1.807) is 14.2 Å². The summed E-state index contributed by atoms with van der Waals surface area (Å²) in [4.78, 5) is 19.8. The third kappa shape index (κ3) is 6.00. The normalized spacial score (nSPS) is 17.0. The van der Waals surface area contributed by atoms with Crippen LogP contribution in [0.25, 0.3) is 0 Å². The van der Waals surface area contributed by atoms with Gasteiger partial charge in [-0.3, -0.25) is 14.6 Å². The number of fused-ring (bicyclic) bond motifs is 1. The van der Waals surface area contributed by atoms with Crippen molar-refractivity contribution in [2.24, 2.45) is 0 Å². The van der Waals surface area contributed by atoms with Crippen LogP contribution in [0.1, 0.15) is 16.7 Å². The fourth-order valence-electron chi connectivity index (χ4n) is 4.62. The highest BCUT2D eigenvalue weighted by Gasteiger charge is 2.23. The molecule has 0 bridgehead atoms. The Hall–Kier alpha value is -2.81. The zero-order chi connectivity index (χ0) is 23.9. The molecule has 1 fully saturated rings. The Morgan fingerprint density at radius 3 is 2.53 bits per heavy atom. The smallest absolute Gasteiger partial charge is 0.227 e. The Balaban J connectivity index is 1.42. The monoisotopic (exact) mass is 469 g/mol. The lowest BCUT2D eigenvalue weighted by Crippen LogP contribution is -2.46. The standard InChI is InChI=1S/C26H35N3O5/c1-32-23-4-6-24(33-2)21(16-23)17-26(31)29-12-14-34-25-5-3-20(15-22(25)19-29)18-28-9-7-27(8-10-28)11-13-30/h3-6,15-16,30H,7-14,17-19H2,1-2H3. The summed E-state index contributed by atoms with van der Waals surface area (Å²) in [6.07, 6.45) is 0.244. The summed E-state index contributed by atoms with van der Waals surface area (Å²) in [5.41, 5.74) is 3.08. The molecule has 2 aromatic carbocycles. The molecule has 0 atom stereocenters. The molecule has 1 N–H and O–H groups in total. The molecule has 2 aliphatic rings. The predicted octanol–water partition coefficient (Wildman–Crippen LogP) is 1.78. The van der Waals surface area contributed by atoms with Crippen LogP contribution in [0.2, 0.25) is 0 Å². The van der Waals surface area contributed by atoms with Crippen molar-refractivity contribution in [3.63, 3.8) is 0 Å². The first-order valence-electron chi connectivity index (χ1n) is 11.9. The fraction of sp³-hybridized carbons (Fsp3) is 0.500. The van der Waals surface area contributed by atoms with Crippen LogP contribution >= 0.6 is 0 Å². The van der Waals surface area contributed by atoms with Crippen LogP contribution in [0, 0.1) is 0 Å². The number of carbonyl (C=O) groups is 1. The number of rotatable bonds is 8. The minimum absolute atomic E-state index is 0.0356. The molecular formula is C26H35N3O5. The second-order valence-electron chi connectivity index (χ2n) is 8.80. The van der Waals surface area contributed by atoms with Crippen molar-refractivity contribution < 1.29 is 24.1 Å². The largest absolute Gasteiger partial charge is 0.497 e. The van der Waals surface area contributed by atoms with E-state index in [-0.39, 0.29) is 18.9 Å². The van der Waals surface area contributed by atoms with Gasteiger partial charge in [0.15, 0.2) is 0 Å². The molecule has 1 amide bonds. The minimum atomic E-state index is 0.0356. The van der Waals surface area contributed by atoms with Gasteiger partial charge in [-0.2, -0.15) is 0 Å². The highest BCUT2D eigenvalue weighted by molar-refractivity contribution is 5.80. The molecule has 8 nitrogen and oxygen atoms in total. The molecule has 0 radical (unpaired) electrons. The number of aliphatic hydroxyl groups excluding tert-OH is 1. The molecule has 2 aromatic rings. The van der Waals surface area contributed by atoms with Gasteiger partial charge in [0.05, 0.1) is 33.8 Å². The topological polar surface area (TPSA) is 74.7 Å². The molecule has 0 saturated carbocycles. The number of carbonyl (C=O) groups excluding carboxylic acids is 1. The van der Waals surface area contributed by atoms with Crippen LogP contribution in [0.15, 0.2) is 36.4 Å². The highest BCUT2D eigenvalue weighted by Crippen LogP contribution is 2.28. The van der Waals surface area contributed by atoms with E-state index < -0.39 is 0 Å². The average molecular weight is 470 g/mol. The SMILES string of the molecule is COc1ccc(OC)c(CC(=O)N2CCOc3ccc(CN4CCN(CCO)CC4)cc3C2)c1. The molecule has 0 aromatic heterocycles. The van der Waals surface area contributed by atoms with Gasteiger partial charge in [-0.25, -0.2) is 0 Å². The molecule has 8 heteroatoms. The number of β-amino-alcohol motifs (C(OH)–C–C–N with tert-alkyl or cyclic N) is 1. The predicted molar refractivity (Wildman–Crippen MR) is 129 cm³/mol. The maximum Gasteiger partial charge on any atom is 0.227 e. The average Bonchev–Trinajstić information content (AvgIpc) is 3.07. The van der Waals surface area contributed by atoms with Gasteiger partial charge in [0.1, 0.15) is 23.9 Å². The molecule has 34 heavy (non-hydrogen) atoms. The van der Waals surface area contributed by atoms with Gasteiger partial charge in [-0.15, -0.1) is 0 Å². The van der Waals surface area contributed by atoms with Gasteiger partial charge in [-0.05, 0) is 35.9 Å². The Labute approximate surface area is 201 Å². The van der Waals surface area contributed by atoms with Gasteiger partial charge in [0.2, 0.25) is 5.91 Å². The number of amides is 1. The van der Waals surface area contributed by atoms with E-state index in [0.29, 0.717) is 31.2 Å². The van der Waals surface area contributed by atoms with E-state index in [4.69, 9.17) is 19.3 Å². The first-order chi connectivity index (χ1) is 16.6. The van der Waals surface area contributed by atoms with E-state index in [1.165, 1.54) is 5.56 Å². The van der Waals surface area contributed by atoms with E-state index in [1.807, 2.05) is 29.2 Å². The van der Waals surface area contributed by atoms with Crippen molar-refractivity contribution >= 4 is 5.91 Å². The Morgan fingerprint density at radius 1 is 1.00 bits per heavy atom. The summed E-state index contributed by atoms with van der Waals surface area (Å²) in [5, 5.41) is 9.14. The molecule has 1 saturated heterocycles. The van der Waals surface area contributed by atoms with Crippen molar-refractivity contribution in [2.45, 2.75) is 19.5 Å². The molecule has 4 rings (SSSR count). The number of benzene rings is 2. The van der Waals surface area contributed by atoms with Crippen LogP contribution < -0.4 is 14.2 Å².